The number of pyridine rings is 1. The van der Waals surface area contributed by atoms with Gasteiger partial charge in [0, 0.05) is 37.2 Å². The van der Waals surface area contributed by atoms with E-state index in [0.29, 0.717) is 13.2 Å². The fourth-order valence-corrected chi connectivity index (χ4v) is 3.52. The molecule has 0 bridgehead atoms. The lowest BCUT2D eigenvalue weighted by Crippen LogP contribution is -2.44. The molecule has 1 unspecified atom stereocenters. The monoisotopic (exact) mass is 376 g/mol. The topological polar surface area (TPSA) is 60.2 Å². The van der Waals surface area contributed by atoms with Crippen LogP contribution in [-0.2, 0) is 22.7 Å². The maximum Gasteiger partial charge on any atom is 0.242 e. The van der Waals surface area contributed by atoms with Crippen molar-refractivity contribution in [2.24, 2.45) is 0 Å². The summed E-state index contributed by atoms with van der Waals surface area (Å²) in [6, 6.07) is 15.7. The molecule has 2 aromatic heterocycles. The molecule has 0 radical (unpaired) electrons. The number of amides is 1. The Bertz CT molecular complexity index is 895. The summed E-state index contributed by atoms with van der Waals surface area (Å²) in [5.41, 5.74) is 1.92. The lowest BCUT2D eigenvalue weighted by molar-refractivity contribution is -0.136. The zero-order valence-electron chi connectivity index (χ0n) is 15.8. The summed E-state index contributed by atoms with van der Waals surface area (Å²) < 4.78 is 7.91. The van der Waals surface area contributed by atoms with E-state index in [1.165, 1.54) is 0 Å². The number of benzene rings is 1. The number of aromatic nitrogens is 3. The zero-order chi connectivity index (χ0) is 19.2. The predicted molar refractivity (Wildman–Crippen MR) is 106 cm³/mol. The number of likely N-dealkylation sites (tertiary alicyclic amines) is 1. The molecule has 4 rings (SSSR count). The van der Waals surface area contributed by atoms with Crippen LogP contribution in [0.25, 0.3) is 11.4 Å². The molecule has 28 heavy (non-hydrogen) atoms. The van der Waals surface area contributed by atoms with E-state index in [1.807, 2.05) is 64.2 Å². The Hall–Kier alpha value is -2.99. The first-order chi connectivity index (χ1) is 13.8. The highest BCUT2D eigenvalue weighted by molar-refractivity contribution is 5.77. The van der Waals surface area contributed by atoms with Gasteiger partial charge in [-0.25, -0.2) is 4.98 Å². The van der Waals surface area contributed by atoms with Gasteiger partial charge < -0.3 is 14.2 Å². The maximum atomic E-state index is 12.9. The molecule has 0 N–H and O–H groups in total. The van der Waals surface area contributed by atoms with Crippen LogP contribution in [0.5, 0.6) is 0 Å². The Kier molecular flexibility index (Phi) is 5.77. The van der Waals surface area contributed by atoms with Crippen molar-refractivity contribution in [2.75, 3.05) is 13.1 Å². The van der Waals surface area contributed by atoms with Crippen LogP contribution < -0.4 is 0 Å². The Morgan fingerprint density at radius 2 is 1.93 bits per heavy atom. The number of hydrogen-bond donors (Lipinski definition) is 0. The number of rotatable bonds is 6. The molecule has 6 heteroatoms. The van der Waals surface area contributed by atoms with Gasteiger partial charge in [-0.3, -0.25) is 9.78 Å². The summed E-state index contributed by atoms with van der Waals surface area (Å²) in [6.45, 7) is 2.17. The summed E-state index contributed by atoms with van der Waals surface area (Å²) in [5.74, 6) is 0.912. The third kappa shape index (κ3) is 4.46. The van der Waals surface area contributed by atoms with Crippen LogP contribution in [0.3, 0.4) is 0 Å². The number of hydrogen-bond acceptors (Lipinski definition) is 4. The lowest BCUT2D eigenvalue weighted by Gasteiger charge is -2.33. The second-order valence-corrected chi connectivity index (χ2v) is 6.98. The zero-order valence-corrected chi connectivity index (χ0v) is 15.8. The quantitative estimate of drug-likeness (QED) is 0.663. The van der Waals surface area contributed by atoms with Crippen LogP contribution in [0.2, 0.25) is 0 Å². The maximum absolute atomic E-state index is 12.9. The SMILES string of the molecule is O=C(Cn1ccnc1-c1ccccc1)N1CCCC(OCc2ccccn2)C1. The molecule has 0 aliphatic carbocycles. The van der Waals surface area contributed by atoms with E-state index in [4.69, 9.17) is 4.74 Å². The van der Waals surface area contributed by atoms with Crippen LogP contribution in [0, 0.1) is 0 Å². The fourth-order valence-electron chi connectivity index (χ4n) is 3.52. The minimum atomic E-state index is 0.0519. The number of nitrogens with zero attached hydrogens (tertiary/aromatic N) is 4. The van der Waals surface area contributed by atoms with E-state index < -0.39 is 0 Å². The Balaban J connectivity index is 1.36. The van der Waals surface area contributed by atoms with Gasteiger partial charge >= 0.3 is 0 Å². The van der Waals surface area contributed by atoms with E-state index in [2.05, 4.69) is 9.97 Å². The average molecular weight is 376 g/mol. The molecule has 1 saturated heterocycles. The number of piperidine rings is 1. The first-order valence-electron chi connectivity index (χ1n) is 9.65. The number of ether oxygens (including phenoxy) is 1. The van der Waals surface area contributed by atoms with Gasteiger partial charge in [-0.2, -0.15) is 0 Å². The molecule has 1 amide bonds. The summed E-state index contributed by atoms with van der Waals surface area (Å²) in [7, 11) is 0. The standard InChI is InChI=1S/C22H24N4O2/c27-21(16-26-14-12-24-22(26)18-7-2-1-3-8-18)25-13-6-10-20(15-25)28-17-19-9-4-5-11-23-19/h1-5,7-9,11-12,14,20H,6,10,13,15-17H2. The van der Waals surface area contributed by atoms with Crippen LogP contribution in [0.15, 0.2) is 67.1 Å². The number of carbonyl (C=O) groups is 1. The summed E-state index contributed by atoms with van der Waals surface area (Å²) in [5, 5.41) is 0. The van der Waals surface area contributed by atoms with Crippen molar-refractivity contribution in [3.63, 3.8) is 0 Å². The Morgan fingerprint density at radius 1 is 1.07 bits per heavy atom. The first kappa shape index (κ1) is 18.4. The van der Waals surface area contributed by atoms with Gasteiger partial charge in [0.15, 0.2) is 0 Å². The Labute approximate surface area is 164 Å². The highest BCUT2D eigenvalue weighted by atomic mass is 16.5. The van der Waals surface area contributed by atoms with Gasteiger partial charge in [-0.15, -0.1) is 0 Å². The largest absolute Gasteiger partial charge is 0.370 e. The van der Waals surface area contributed by atoms with E-state index in [0.717, 1.165) is 36.5 Å². The van der Waals surface area contributed by atoms with Crippen LogP contribution in [-0.4, -0.2) is 44.5 Å². The molecule has 3 heterocycles. The van der Waals surface area contributed by atoms with Crippen molar-refractivity contribution in [3.05, 3.63) is 72.8 Å². The highest BCUT2D eigenvalue weighted by Crippen LogP contribution is 2.19. The van der Waals surface area contributed by atoms with Gasteiger partial charge in [0.05, 0.1) is 18.4 Å². The van der Waals surface area contributed by atoms with E-state index >= 15 is 0 Å². The average Bonchev–Trinajstić information content (AvgIpc) is 3.22. The van der Waals surface area contributed by atoms with Crippen molar-refractivity contribution in [1.29, 1.82) is 0 Å². The minimum Gasteiger partial charge on any atom is -0.370 e. The molecular weight excluding hydrogens is 352 g/mol. The molecule has 0 saturated carbocycles. The summed E-state index contributed by atoms with van der Waals surface area (Å²) in [4.78, 5) is 23.5. The van der Waals surface area contributed by atoms with Gasteiger partial charge in [-0.1, -0.05) is 36.4 Å². The normalized spacial score (nSPS) is 16.9. The molecule has 1 fully saturated rings. The van der Waals surface area contributed by atoms with E-state index in [-0.39, 0.29) is 18.6 Å². The molecular formula is C22H24N4O2. The first-order valence-corrected chi connectivity index (χ1v) is 9.65. The van der Waals surface area contributed by atoms with Crippen LogP contribution in [0.4, 0.5) is 0 Å². The van der Waals surface area contributed by atoms with Crippen molar-refractivity contribution in [3.8, 4) is 11.4 Å². The van der Waals surface area contributed by atoms with Gasteiger partial charge in [0.25, 0.3) is 0 Å². The molecule has 6 nitrogen and oxygen atoms in total. The van der Waals surface area contributed by atoms with E-state index in [9.17, 15) is 4.79 Å². The second-order valence-electron chi connectivity index (χ2n) is 6.98. The Morgan fingerprint density at radius 3 is 2.75 bits per heavy atom. The van der Waals surface area contributed by atoms with Gasteiger partial charge in [0.2, 0.25) is 5.91 Å². The second kappa shape index (κ2) is 8.80. The molecule has 1 aromatic carbocycles. The van der Waals surface area contributed by atoms with Crippen LogP contribution >= 0.6 is 0 Å². The van der Waals surface area contributed by atoms with E-state index in [1.54, 1.807) is 12.4 Å². The lowest BCUT2D eigenvalue weighted by atomic mass is 10.1. The van der Waals surface area contributed by atoms with Gasteiger partial charge in [-0.05, 0) is 25.0 Å². The summed E-state index contributed by atoms with van der Waals surface area (Å²) in [6.07, 6.45) is 7.34. The number of imidazole rings is 1. The van der Waals surface area contributed by atoms with Crippen molar-refractivity contribution < 1.29 is 9.53 Å². The molecule has 3 aromatic rings. The minimum absolute atomic E-state index is 0.0519. The fraction of sp³-hybridized carbons (Fsp3) is 0.318. The molecule has 144 valence electrons. The predicted octanol–water partition coefficient (Wildman–Crippen LogP) is 3.15. The van der Waals surface area contributed by atoms with Crippen molar-refractivity contribution in [1.82, 2.24) is 19.4 Å². The molecule has 1 aliphatic rings. The van der Waals surface area contributed by atoms with Crippen molar-refractivity contribution >= 4 is 5.91 Å². The highest BCUT2D eigenvalue weighted by Gasteiger charge is 2.25. The van der Waals surface area contributed by atoms with Crippen molar-refractivity contribution in [2.45, 2.75) is 32.1 Å². The molecule has 0 spiro atoms. The molecule has 1 atom stereocenters. The summed E-state index contributed by atoms with van der Waals surface area (Å²) >= 11 is 0. The van der Waals surface area contributed by atoms with Gasteiger partial charge in [0.1, 0.15) is 12.4 Å². The number of carbonyl (C=O) groups excluding carboxylic acids is 1. The van der Waals surface area contributed by atoms with Crippen LogP contribution in [0.1, 0.15) is 18.5 Å². The molecule has 1 aliphatic heterocycles. The third-order valence-electron chi connectivity index (χ3n) is 4.98. The smallest absolute Gasteiger partial charge is 0.242 e. The third-order valence-corrected chi connectivity index (χ3v) is 4.98.